The van der Waals surface area contributed by atoms with Gasteiger partial charge in [0.05, 0.1) is 0 Å². The molecule has 0 saturated carbocycles. The van der Waals surface area contributed by atoms with E-state index in [-0.39, 0.29) is 0 Å². The van der Waals surface area contributed by atoms with Gasteiger partial charge in [0.25, 0.3) is 0 Å². The van der Waals surface area contributed by atoms with E-state index in [9.17, 15) is 0 Å². The van der Waals surface area contributed by atoms with Crippen LogP contribution in [-0.4, -0.2) is 33.1 Å². The van der Waals surface area contributed by atoms with Gasteiger partial charge in [0, 0.05) is 19.2 Å². The zero-order valence-corrected chi connectivity index (χ0v) is 9.66. The number of hydrazone groups is 1. The first kappa shape index (κ1) is 12.3. The average molecular weight is 222 g/mol. The van der Waals surface area contributed by atoms with Gasteiger partial charge in [-0.2, -0.15) is 5.10 Å². The van der Waals surface area contributed by atoms with Gasteiger partial charge < -0.3 is 21.2 Å². The van der Waals surface area contributed by atoms with Crippen molar-refractivity contribution in [1.29, 1.82) is 0 Å². The molecule has 1 aromatic carbocycles. The molecule has 88 valence electrons. The highest BCUT2D eigenvalue weighted by molar-refractivity contribution is 5.97. The van der Waals surface area contributed by atoms with Crippen LogP contribution in [0.15, 0.2) is 29.4 Å². The lowest BCUT2D eigenvalue weighted by Crippen LogP contribution is -2.17. The van der Waals surface area contributed by atoms with E-state index in [0.717, 1.165) is 17.9 Å². The first-order valence-corrected chi connectivity index (χ1v) is 5.15. The van der Waals surface area contributed by atoms with Gasteiger partial charge in [0.15, 0.2) is 5.84 Å². The quantitative estimate of drug-likeness (QED) is 0.277. The summed E-state index contributed by atoms with van der Waals surface area (Å²) >= 11 is 0. The number of ether oxygens (including phenoxy) is 1. The van der Waals surface area contributed by atoms with Crippen LogP contribution in [0.4, 0.5) is 0 Å². The van der Waals surface area contributed by atoms with Crippen LogP contribution < -0.4 is 21.2 Å². The maximum Gasteiger partial charge on any atom is 0.150 e. The molecule has 1 rings (SSSR count). The number of nitrogens with one attached hydrogen (secondary N) is 2. The van der Waals surface area contributed by atoms with E-state index >= 15 is 0 Å². The number of nitrogens with two attached hydrogens (primary N) is 1. The van der Waals surface area contributed by atoms with Crippen LogP contribution in [-0.2, 0) is 0 Å². The molecule has 0 aliphatic heterocycles. The second-order valence-corrected chi connectivity index (χ2v) is 3.20. The number of nitrogens with zero attached hydrogens (tertiary/aromatic N) is 1. The van der Waals surface area contributed by atoms with Crippen LogP contribution in [0.25, 0.3) is 0 Å². The summed E-state index contributed by atoms with van der Waals surface area (Å²) in [6.45, 7) is 1.47. The fourth-order valence-corrected chi connectivity index (χ4v) is 1.18. The third-order valence-corrected chi connectivity index (χ3v) is 2.00. The van der Waals surface area contributed by atoms with E-state index < -0.39 is 0 Å². The molecule has 0 fully saturated rings. The van der Waals surface area contributed by atoms with Gasteiger partial charge in [0.2, 0.25) is 0 Å². The predicted molar refractivity (Wildman–Crippen MR) is 65.6 cm³/mol. The Morgan fingerprint density at radius 2 is 2.00 bits per heavy atom. The van der Waals surface area contributed by atoms with Crippen molar-refractivity contribution in [2.75, 3.05) is 27.2 Å². The summed E-state index contributed by atoms with van der Waals surface area (Å²) < 4.78 is 5.48. The van der Waals surface area contributed by atoms with Crippen molar-refractivity contribution < 1.29 is 4.74 Å². The zero-order valence-electron chi connectivity index (χ0n) is 9.66. The summed E-state index contributed by atoms with van der Waals surface area (Å²) in [5, 5.41) is 6.91. The first-order valence-electron chi connectivity index (χ1n) is 5.15. The van der Waals surface area contributed by atoms with E-state index in [1.807, 2.05) is 31.3 Å². The van der Waals surface area contributed by atoms with Crippen molar-refractivity contribution in [3.05, 3.63) is 29.8 Å². The highest BCUT2D eigenvalue weighted by Crippen LogP contribution is 2.11. The number of rotatable bonds is 6. The lowest BCUT2D eigenvalue weighted by molar-refractivity contribution is 0.318. The molecule has 0 radical (unpaired) electrons. The van der Waals surface area contributed by atoms with Crippen LogP contribution in [0.1, 0.15) is 5.56 Å². The van der Waals surface area contributed by atoms with Gasteiger partial charge in [-0.25, -0.2) is 0 Å². The Bertz CT molecular complexity index is 334. The van der Waals surface area contributed by atoms with Crippen molar-refractivity contribution in [3.63, 3.8) is 0 Å². The fraction of sp³-hybridized carbons (Fsp3) is 0.364. The minimum absolute atomic E-state index is 0.462. The summed E-state index contributed by atoms with van der Waals surface area (Å²) in [7, 11) is 3.60. The molecule has 0 amide bonds. The molecule has 0 heterocycles. The molecule has 0 spiro atoms. The summed E-state index contributed by atoms with van der Waals surface area (Å²) in [6.07, 6.45) is 0. The normalized spacial score (nSPS) is 11.2. The van der Waals surface area contributed by atoms with Crippen LogP contribution in [0.3, 0.4) is 0 Å². The van der Waals surface area contributed by atoms with Crippen molar-refractivity contribution in [1.82, 2.24) is 10.7 Å². The highest BCUT2D eigenvalue weighted by atomic mass is 16.5. The molecule has 1 aromatic rings. The van der Waals surface area contributed by atoms with E-state index in [4.69, 9.17) is 10.5 Å². The van der Waals surface area contributed by atoms with Crippen molar-refractivity contribution >= 4 is 5.84 Å². The topological polar surface area (TPSA) is 71.7 Å². The van der Waals surface area contributed by atoms with E-state index in [1.54, 1.807) is 7.05 Å². The van der Waals surface area contributed by atoms with Crippen molar-refractivity contribution in [2.24, 2.45) is 10.8 Å². The minimum atomic E-state index is 0.462. The molecule has 0 bridgehead atoms. The summed E-state index contributed by atoms with van der Waals surface area (Å²) in [4.78, 5) is 0. The smallest absolute Gasteiger partial charge is 0.150 e. The Morgan fingerprint density at radius 3 is 2.56 bits per heavy atom. The maximum absolute atomic E-state index is 5.71. The fourth-order valence-electron chi connectivity index (χ4n) is 1.18. The molecule has 0 aromatic heterocycles. The molecule has 5 heteroatoms. The molecule has 4 N–H and O–H groups in total. The number of hydrogen-bond donors (Lipinski definition) is 3. The lowest BCUT2D eigenvalue weighted by Gasteiger charge is -2.06. The minimum Gasteiger partial charge on any atom is -0.492 e. The first-order chi connectivity index (χ1) is 7.77. The van der Waals surface area contributed by atoms with Gasteiger partial charge in [0.1, 0.15) is 12.4 Å². The van der Waals surface area contributed by atoms with Gasteiger partial charge in [-0.3, -0.25) is 0 Å². The number of likely N-dealkylation sites (N-methyl/N-ethyl adjacent to an activating group) is 1. The van der Waals surface area contributed by atoms with Gasteiger partial charge in [-0.1, -0.05) is 0 Å². The second kappa shape index (κ2) is 6.68. The van der Waals surface area contributed by atoms with E-state index in [0.29, 0.717) is 12.4 Å². The van der Waals surface area contributed by atoms with Gasteiger partial charge >= 0.3 is 0 Å². The predicted octanol–water partition coefficient (Wildman–Crippen LogP) is 0.125. The third-order valence-electron chi connectivity index (χ3n) is 2.00. The maximum atomic E-state index is 5.71. The number of amidine groups is 1. The Morgan fingerprint density at radius 1 is 1.31 bits per heavy atom. The Balaban J connectivity index is 2.57. The zero-order chi connectivity index (χ0) is 11.8. The molecule has 0 atom stereocenters. The van der Waals surface area contributed by atoms with Gasteiger partial charge in [-0.05, 0) is 31.3 Å². The van der Waals surface area contributed by atoms with Crippen LogP contribution in [0, 0.1) is 0 Å². The van der Waals surface area contributed by atoms with E-state index in [2.05, 4.69) is 15.8 Å². The SMILES string of the molecule is CNCCOc1ccc(/C(N)=N/NC)cc1. The second-order valence-electron chi connectivity index (χ2n) is 3.20. The number of hydrogen-bond acceptors (Lipinski definition) is 4. The lowest BCUT2D eigenvalue weighted by atomic mass is 10.2. The largest absolute Gasteiger partial charge is 0.492 e. The van der Waals surface area contributed by atoms with E-state index in [1.165, 1.54) is 0 Å². The summed E-state index contributed by atoms with van der Waals surface area (Å²) in [5.41, 5.74) is 9.23. The van der Waals surface area contributed by atoms with Crippen LogP contribution >= 0.6 is 0 Å². The summed E-state index contributed by atoms with van der Waals surface area (Å²) in [6, 6.07) is 7.52. The molecule has 0 aliphatic carbocycles. The molecule has 5 nitrogen and oxygen atoms in total. The highest BCUT2D eigenvalue weighted by Gasteiger charge is 1.98. The molecule has 0 aliphatic rings. The molecular formula is C11H18N4O. The summed E-state index contributed by atoms with van der Waals surface area (Å²) in [5.74, 6) is 1.29. The molecular weight excluding hydrogens is 204 g/mol. The Hall–Kier alpha value is -1.75. The van der Waals surface area contributed by atoms with Crippen molar-refractivity contribution in [3.8, 4) is 5.75 Å². The van der Waals surface area contributed by atoms with Crippen LogP contribution in [0.5, 0.6) is 5.75 Å². The third kappa shape index (κ3) is 3.78. The molecule has 16 heavy (non-hydrogen) atoms. The monoisotopic (exact) mass is 222 g/mol. The average Bonchev–Trinajstić information content (AvgIpc) is 2.30. The molecule has 0 saturated heterocycles. The van der Waals surface area contributed by atoms with Crippen molar-refractivity contribution in [2.45, 2.75) is 0 Å². The molecule has 0 unspecified atom stereocenters. The number of benzene rings is 1. The Labute approximate surface area is 95.7 Å². The Kier molecular flexibility index (Phi) is 5.15. The standard InChI is InChI=1S/C11H18N4O/c1-13-7-8-16-10-5-3-9(4-6-10)11(12)15-14-2/h3-6,13-14H,7-8H2,1-2H3,(H2,12,15). The van der Waals surface area contributed by atoms with Gasteiger partial charge in [-0.15, -0.1) is 0 Å². The van der Waals surface area contributed by atoms with Crippen LogP contribution in [0.2, 0.25) is 0 Å².